The zero-order valence-corrected chi connectivity index (χ0v) is 12.5. The standard InChI is InChI=1S/C15H18BrNO/c1-15-8-7-14(18)17(2)13(15)6-3-10-9-11(16)4-5-12(10)15/h4-5,9,13H,3,6-8H2,1-2H3/t13-,15-/m1/s1. The minimum Gasteiger partial charge on any atom is -0.342 e. The second-order valence-electron chi connectivity index (χ2n) is 5.78. The van der Waals surface area contributed by atoms with E-state index in [9.17, 15) is 4.79 Å². The van der Waals surface area contributed by atoms with Crippen LogP contribution in [0.5, 0.6) is 0 Å². The van der Waals surface area contributed by atoms with E-state index >= 15 is 0 Å². The third-order valence-electron chi connectivity index (χ3n) is 4.82. The van der Waals surface area contributed by atoms with Crippen LogP contribution in [0.1, 0.15) is 37.3 Å². The summed E-state index contributed by atoms with van der Waals surface area (Å²) in [6.45, 7) is 2.33. The molecule has 1 aromatic carbocycles. The van der Waals surface area contributed by atoms with Gasteiger partial charge in [-0.1, -0.05) is 28.9 Å². The first-order valence-electron chi connectivity index (χ1n) is 6.57. The molecule has 3 heteroatoms. The van der Waals surface area contributed by atoms with E-state index in [1.165, 1.54) is 11.1 Å². The van der Waals surface area contributed by atoms with Gasteiger partial charge in [-0.3, -0.25) is 4.79 Å². The van der Waals surface area contributed by atoms with Crippen LogP contribution in [0.3, 0.4) is 0 Å². The highest BCUT2D eigenvalue weighted by atomic mass is 79.9. The van der Waals surface area contributed by atoms with Crippen LogP contribution in [0, 0.1) is 0 Å². The number of benzene rings is 1. The molecule has 0 radical (unpaired) electrons. The van der Waals surface area contributed by atoms with Crippen molar-refractivity contribution in [2.75, 3.05) is 7.05 Å². The number of likely N-dealkylation sites (tertiary alicyclic amines) is 1. The fourth-order valence-electron chi connectivity index (χ4n) is 3.76. The number of amides is 1. The normalized spacial score (nSPS) is 30.9. The van der Waals surface area contributed by atoms with E-state index in [0.717, 1.165) is 23.7 Å². The Morgan fingerprint density at radius 2 is 2.17 bits per heavy atom. The molecule has 96 valence electrons. The molecule has 0 aromatic heterocycles. The zero-order valence-electron chi connectivity index (χ0n) is 10.9. The maximum Gasteiger partial charge on any atom is 0.222 e. The summed E-state index contributed by atoms with van der Waals surface area (Å²) in [6.07, 6.45) is 3.82. The van der Waals surface area contributed by atoms with Gasteiger partial charge in [0.15, 0.2) is 0 Å². The Morgan fingerprint density at radius 1 is 1.39 bits per heavy atom. The SMILES string of the molecule is CN1C(=O)CC[C@]2(C)c3ccc(Br)cc3CC[C@@H]12. The van der Waals surface area contributed by atoms with Crippen LogP contribution in [0.25, 0.3) is 0 Å². The lowest BCUT2D eigenvalue weighted by atomic mass is 9.63. The highest BCUT2D eigenvalue weighted by Crippen LogP contribution is 2.45. The second kappa shape index (κ2) is 4.09. The summed E-state index contributed by atoms with van der Waals surface area (Å²) in [4.78, 5) is 13.9. The molecule has 0 saturated carbocycles. The average Bonchev–Trinajstić information content (AvgIpc) is 2.34. The molecule has 0 N–H and O–H groups in total. The number of carbonyl (C=O) groups excluding carboxylic acids is 1. The quantitative estimate of drug-likeness (QED) is 0.720. The van der Waals surface area contributed by atoms with Gasteiger partial charge in [-0.2, -0.15) is 0 Å². The number of piperidine rings is 1. The lowest BCUT2D eigenvalue weighted by Crippen LogP contribution is -2.56. The first kappa shape index (κ1) is 12.2. The van der Waals surface area contributed by atoms with Crippen molar-refractivity contribution in [2.45, 2.75) is 44.1 Å². The molecule has 1 heterocycles. The van der Waals surface area contributed by atoms with Crippen LogP contribution in [-0.2, 0) is 16.6 Å². The number of nitrogens with zero attached hydrogens (tertiary/aromatic N) is 1. The zero-order chi connectivity index (χ0) is 12.9. The predicted molar refractivity (Wildman–Crippen MR) is 75.6 cm³/mol. The minimum atomic E-state index is 0.136. The van der Waals surface area contributed by atoms with E-state index in [2.05, 4.69) is 41.1 Å². The van der Waals surface area contributed by atoms with E-state index < -0.39 is 0 Å². The van der Waals surface area contributed by atoms with Crippen LogP contribution < -0.4 is 0 Å². The third kappa shape index (κ3) is 1.63. The minimum absolute atomic E-state index is 0.136. The summed E-state index contributed by atoms with van der Waals surface area (Å²) >= 11 is 3.55. The lowest BCUT2D eigenvalue weighted by Gasteiger charge is -2.50. The number of fused-ring (bicyclic) bond motifs is 3. The highest BCUT2D eigenvalue weighted by Gasteiger charge is 2.46. The van der Waals surface area contributed by atoms with E-state index in [1.807, 2.05) is 11.9 Å². The van der Waals surface area contributed by atoms with Crippen molar-refractivity contribution in [3.63, 3.8) is 0 Å². The second-order valence-corrected chi connectivity index (χ2v) is 6.69. The summed E-state index contributed by atoms with van der Waals surface area (Å²) in [6, 6.07) is 6.98. The van der Waals surface area contributed by atoms with Gasteiger partial charge in [-0.05, 0) is 42.5 Å². The molecule has 3 rings (SSSR count). The first-order chi connectivity index (χ1) is 8.52. The molecule has 0 unspecified atom stereocenters. The summed E-state index contributed by atoms with van der Waals surface area (Å²) < 4.78 is 1.16. The van der Waals surface area contributed by atoms with Gasteiger partial charge in [-0.25, -0.2) is 0 Å². The van der Waals surface area contributed by atoms with E-state index in [4.69, 9.17) is 0 Å². The monoisotopic (exact) mass is 307 g/mol. The van der Waals surface area contributed by atoms with Gasteiger partial charge in [0.05, 0.1) is 0 Å². The van der Waals surface area contributed by atoms with Crippen molar-refractivity contribution < 1.29 is 4.79 Å². The molecule has 18 heavy (non-hydrogen) atoms. The molecule has 2 aliphatic rings. The topological polar surface area (TPSA) is 20.3 Å². The Balaban J connectivity index is 2.09. The number of halogens is 1. The Hall–Kier alpha value is -0.830. The largest absolute Gasteiger partial charge is 0.342 e. The fourth-order valence-corrected chi connectivity index (χ4v) is 4.16. The van der Waals surface area contributed by atoms with E-state index in [0.29, 0.717) is 18.4 Å². The van der Waals surface area contributed by atoms with Crippen molar-refractivity contribution >= 4 is 21.8 Å². The molecular formula is C15H18BrNO. The summed E-state index contributed by atoms with van der Waals surface area (Å²) in [5.74, 6) is 0.304. The first-order valence-corrected chi connectivity index (χ1v) is 7.36. The van der Waals surface area contributed by atoms with Gasteiger partial charge in [0.25, 0.3) is 0 Å². The maximum absolute atomic E-state index is 11.9. The van der Waals surface area contributed by atoms with Gasteiger partial charge < -0.3 is 4.90 Å². The van der Waals surface area contributed by atoms with E-state index in [1.54, 1.807) is 0 Å². The number of likely N-dealkylation sites (N-methyl/N-ethyl adjacent to an activating group) is 1. The molecule has 1 saturated heterocycles. The number of hydrogen-bond acceptors (Lipinski definition) is 1. The smallest absolute Gasteiger partial charge is 0.222 e. The van der Waals surface area contributed by atoms with E-state index in [-0.39, 0.29) is 5.41 Å². The van der Waals surface area contributed by atoms with Crippen LogP contribution in [0.4, 0.5) is 0 Å². The van der Waals surface area contributed by atoms with Crippen LogP contribution in [0.2, 0.25) is 0 Å². The Bertz CT molecular complexity index is 513. The predicted octanol–water partition coefficient (Wildman–Crippen LogP) is 3.27. The highest BCUT2D eigenvalue weighted by molar-refractivity contribution is 9.10. The Labute approximate surface area is 116 Å². The summed E-state index contributed by atoms with van der Waals surface area (Å²) in [5, 5.41) is 0. The fraction of sp³-hybridized carbons (Fsp3) is 0.533. The number of hydrogen-bond donors (Lipinski definition) is 0. The summed E-state index contributed by atoms with van der Waals surface area (Å²) in [7, 11) is 1.97. The van der Waals surface area contributed by atoms with Crippen molar-refractivity contribution in [2.24, 2.45) is 0 Å². The van der Waals surface area contributed by atoms with Gasteiger partial charge >= 0.3 is 0 Å². The third-order valence-corrected chi connectivity index (χ3v) is 5.32. The average molecular weight is 308 g/mol. The molecule has 2 nitrogen and oxygen atoms in total. The van der Waals surface area contributed by atoms with Gasteiger partial charge in [0, 0.05) is 29.4 Å². The number of rotatable bonds is 0. The Morgan fingerprint density at radius 3 is 2.94 bits per heavy atom. The molecule has 0 spiro atoms. The van der Waals surface area contributed by atoms with Crippen LogP contribution in [-0.4, -0.2) is 23.9 Å². The molecule has 1 aliphatic heterocycles. The van der Waals surface area contributed by atoms with Gasteiger partial charge in [0.2, 0.25) is 5.91 Å². The molecule has 1 aromatic rings. The molecule has 1 fully saturated rings. The van der Waals surface area contributed by atoms with Crippen molar-refractivity contribution in [3.8, 4) is 0 Å². The van der Waals surface area contributed by atoms with Gasteiger partial charge in [-0.15, -0.1) is 0 Å². The van der Waals surface area contributed by atoms with Crippen molar-refractivity contribution in [1.29, 1.82) is 0 Å². The van der Waals surface area contributed by atoms with Gasteiger partial charge in [0.1, 0.15) is 0 Å². The molecule has 1 amide bonds. The lowest BCUT2D eigenvalue weighted by molar-refractivity contribution is -0.138. The molecular weight excluding hydrogens is 290 g/mol. The molecule has 0 bridgehead atoms. The summed E-state index contributed by atoms with van der Waals surface area (Å²) in [5.41, 5.74) is 3.03. The van der Waals surface area contributed by atoms with Crippen LogP contribution >= 0.6 is 15.9 Å². The molecule has 2 atom stereocenters. The van der Waals surface area contributed by atoms with Crippen molar-refractivity contribution in [3.05, 3.63) is 33.8 Å². The Kier molecular flexibility index (Phi) is 2.77. The van der Waals surface area contributed by atoms with Crippen LogP contribution in [0.15, 0.2) is 22.7 Å². The van der Waals surface area contributed by atoms with Crippen molar-refractivity contribution in [1.82, 2.24) is 4.90 Å². The molecule has 1 aliphatic carbocycles. The number of carbonyl (C=O) groups is 1. The number of aryl methyl sites for hydroxylation is 1. The maximum atomic E-state index is 11.9.